The Balaban J connectivity index is 0.00000107. The van der Waals surface area contributed by atoms with Gasteiger partial charge in [-0.15, -0.1) is 0 Å². The van der Waals surface area contributed by atoms with Gasteiger partial charge in [0.05, 0.1) is 14.2 Å². The van der Waals surface area contributed by atoms with E-state index in [2.05, 4.69) is 126 Å². The standard InChI is InChI=1S/C21H54Si6.C9H9N/c1-19(2,3)26(20(4,5)6,21(7,8)9)22-27(23(10,11)12,24(13,14)15)25(16,17)18;1-7-5-4-6-8(2)9(7)10-3/h1-18H3;4-6H,1-2H3. The summed E-state index contributed by atoms with van der Waals surface area (Å²) in [5.41, 5.74) is 2.92. The molecule has 0 aromatic heterocycles. The molecule has 37 heavy (non-hydrogen) atoms. The van der Waals surface area contributed by atoms with Crippen LogP contribution in [-0.4, -0.2) is 45.1 Å². The van der Waals surface area contributed by atoms with Crippen LogP contribution in [-0.2, 0) is 0 Å². The second kappa shape index (κ2) is 11.5. The minimum atomic E-state index is -1.67. The highest BCUT2D eigenvalue weighted by Crippen LogP contribution is 2.63. The lowest BCUT2D eigenvalue weighted by Gasteiger charge is -2.68. The first-order valence-corrected chi connectivity index (χ1v) is 34.7. The number of nitrogens with zero attached hydrogens (tertiary/aromatic N) is 1. The normalized spacial score (nSPS) is 14.6. The monoisotopic (exact) mass is 605 g/mol. The maximum absolute atomic E-state index is 6.85. The number of para-hydroxylation sites is 1. The fraction of sp³-hybridized carbons (Fsp3) is 0.767. The molecule has 0 amide bonds. The molecule has 0 fully saturated rings. The molecule has 0 aliphatic carbocycles. The van der Waals surface area contributed by atoms with E-state index in [1.807, 2.05) is 32.0 Å². The van der Waals surface area contributed by atoms with E-state index in [0.29, 0.717) is 15.1 Å². The van der Waals surface area contributed by atoms with Crippen LogP contribution >= 0.6 is 0 Å². The van der Waals surface area contributed by atoms with Crippen molar-refractivity contribution < 1.29 is 0 Å². The Kier molecular flexibility index (Phi) is 11.5. The molecule has 0 N–H and O–H groups in total. The van der Waals surface area contributed by atoms with Crippen LogP contribution in [0.5, 0.6) is 0 Å². The molecule has 1 aromatic rings. The van der Waals surface area contributed by atoms with Gasteiger partial charge >= 0.3 is 0 Å². The van der Waals surface area contributed by atoms with Gasteiger partial charge in [0.25, 0.3) is 0 Å². The predicted octanol–water partition coefficient (Wildman–Crippen LogP) is 11.1. The third kappa shape index (κ3) is 7.21. The first-order chi connectivity index (χ1) is 16.0. The number of rotatable bonds is 5. The fourth-order valence-electron chi connectivity index (χ4n) is 9.14. The second-order valence-electron chi connectivity index (χ2n) is 17.5. The van der Waals surface area contributed by atoms with Gasteiger partial charge in [0.1, 0.15) is 0 Å². The van der Waals surface area contributed by atoms with Crippen molar-refractivity contribution in [3.8, 4) is 0 Å². The second-order valence-corrected chi connectivity index (χ2v) is 75.5. The lowest BCUT2D eigenvalue weighted by Crippen LogP contribution is -2.91. The number of hydrogen-bond acceptors (Lipinski definition) is 0. The van der Waals surface area contributed by atoms with Crippen LogP contribution in [0.25, 0.3) is 4.85 Å². The van der Waals surface area contributed by atoms with Gasteiger partial charge in [-0.05, 0) is 40.1 Å². The summed E-state index contributed by atoms with van der Waals surface area (Å²) in [6.07, 6.45) is -1.36. The van der Waals surface area contributed by atoms with E-state index in [1.165, 1.54) is 8.55 Å². The largest absolute Gasteiger partial charge is 0.238 e. The molecule has 0 bridgehead atoms. The summed E-state index contributed by atoms with van der Waals surface area (Å²) in [6.45, 7) is 59.5. The van der Waals surface area contributed by atoms with E-state index in [4.69, 9.17) is 6.57 Å². The molecule has 0 heterocycles. The third-order valence-corrected chi connectivity index (χ3v) is 130. The molecule has 2 radical (unpaired) electrons. The Hall–Kier alpha value is 0.0113. The van der Waals surface area contributed by atoms with Crippen molar-refractivity contribution in [1.82, 2.24) is 0 Å². The topological polar surface area (TPSA) is 4.36 Å². The molecule has 0 atom stereocenters. The number of hydrogen-bond donors (Lipinski definition) is 0. The Labute approximate surface area is 240 Å². The van der Waals surface area contributed by atoms with Crippen molar-refractivity contribution in [3.05, 3.63) is 40.7 Å². The SMILES string of the molecule is CC(C)(C)[Si]([Si][Si]([Si](C)(C)C)([Si](C)(C)C)[Si](C)(C)C)(C(C)(C)C)C(C)(C)C.[C-]#[N+]c1c(C)cccc1C. The summed E-state index contributed by atoms with van der Waals surface area (Å²) < 4.78 is 0. The smallest absolute Gasteiger partial charge is 0.193 e. The van der Waals surface area contributed by atoms with E-state index in [9.17, 15) is 0 Å². The highest BCUT2D eigenvalue weighted by atomic mass is 30.2. The Morgan fingerprint density at radius 3 is 1.03 bits per heavy atom. The van der Waals surface area contributed by atoms with Crippen molar-refractivity contribution in [2.24, 2.45) is 0 Å². The van der Waals surface area contributed by atoms with E-state index in [1.54, 1.807) is 0 Å². The third-order valence-electron chi connectivity index (χ3n) is 8.68. The van der Waals surface area contributed by atoms with Crippen LogP contribution in [0.15, 0.2) is 18.2 Å². The number of benzene rings is 1. The van der Waals surface area contributed by atoms with Crippen LogP contribution in [0.3, 0.4) is 0 Å². The fourth-order valence-corrected chi connectivity index (χ4v) is 186. The van der Waals surface area contributed by atoms with E-state index in [0.717, 1.165) is 16.8 Å². The van der Waals surface area contributed by atoms with Crippen LogP contribution in [0.4, 0.5) is 5.69 Å². The summed E-state index contributed by atoms with van der Waals surface area (Å²) in [4.78, 5) is 3.42. The zero-order chi connectivity index (χ0) is 30.3. The van der Waals surface area contributed by atoms with Crippen molar-refractivity contribution in [3.63, 3.8) is 0 Å². The lowest BCUT2D eigenvalue weighted by atomic mass is 10.1. The lowest BCUT2D eigenvalue weighted by molar-refractivity contribution is 0.556. The zero-order valence-corrected chi connectivity index (χ0v) is 34.7. The van der Waals surface area contributed by atoms with E-state index in [-0.39, 0.29) is 0 Å². The molecule has 0 saturated carbocycles. The summed E-state index contributed by atoms with van der Waals surface area (Å²) in [6, 6.07) is 5.89. The van der Waals surface area contributed by atoms with Crippen molar-refractivity contribution in [2.45, 2.75) is 150 Å². The number of aryl methyl sites for hydroxylation is 2. The van der Waals surface area contributed by atoms with Gasteiger partial charge in [-0.25, -0.2) is 4.85 Å². The first-order valence-electron chi connectivity index (χ1n) is 14.2. The predicted molar refractivity (Wildman–Crippen MR) is 189 cm³/mol. The van der Waals surface area contributed by atoms with Crippen LogP contribution in [0, 0.1) is 20.4 Å². The summed E-state index contributed by atoms with van der Waals surface area (Å²) in [7, 11) is -4.08. The van der Waals surface area contributed by atoms with Gasteiger partial charge in [0, 0.05) is 37.5 Å². The molecule has 1 rings (SSSR count). The summed E-state index contributed by atoms with van der Waals surface area (Å²) in [5.74, 6) is 0. The molecule has 0 saturated heterocycles. The molecule has 0 spiro atoms. The van der Waals surface area contributed by atoms with Gasteiger partial charge < -0.3 is 0 Å². The molecule has 0 unspecified atom stereocenters. The first kappa shape index (κ1) is 37.0. The van der Waals surface area contributed by atoms with Gasteiger partial charge in [-0.3, -0.25) is 0 Å². The van der Waals surface area contributed by atoms with Gasteiger partial charge in [0.2, 0.25) is 0 Å². The Bertz CT molecular complexity index is 809. The van der Waals surface area contributed by atoms with Crippen LogP contribution in [0.1, 0.15) is 73.4 Å². The average molecular weight is 606 g/mol. The van der Waals surface area contributed by atoms with Gasteiger partial charge in [0.15, 0.2) is 5.69 Å². The summed E-state index contributed by atoms with van der Waals surface area (Å²) in [5, 5.41) is 1.33. The highest BCUT2D eigenvalue weighted by molar-refractivity contribution is 8.06. The quantitative estimate of drug-likeness (QED) is 0.232. The molecule has 0 aliphatic rings. The molecular weight excluding hydrogens is 543 g/mol. The molecule has 1 nitrogen and oxygen atoms in total. The van der Waals surface area contributed by atoms with Gasteiger partial charge in [-0.1, -0.05) is 139 Å². The Morgan fingerprint density at radius 2 is 0.865 bits per heavy atom. The molecule has 212 valence electrons. The molecular formula is C30H63NSi6. The van der Waals surface area contributed by atoms with Crippen molar-refractivity contribution in [2.75, 3.05) is 0 Å². The van der Waals surface area contributed by atoms with E-state index >= 15 is 0 Å². The van der Waals surface area contributed by atoms with Crippen LogP contribution < -0.4 is 0 Å². The van der Waals surface area contributed by atoms with Crippen LogP contribution in [0.2, 0.25) is 74.0 Å². The van der Waals surface area contributed by atoms with E-state index < -0.39 is 36.5 Å². The Morgan fingerprint density at radius 1 is 0.595 bits per heavy atom. The molecule has 0 aliphatic heterocycles. The zero-order valence-electron chi connectivity index (χ0n) is 28.7. The van der Waals surface area contributed by atoms with Crippen molar-refractivity contribution >= 4 is 50.8 Å². The summed E-state index contributed by atoms with van der Waals surface area (Å²) >= 11 is 0. The van der Waals surface area contributed by atoms with Crippen molar-refractivity contribution in [1.29, 1.82) is 0 Å². The minimum Gasteiger partial charge on any atom is -0.238 e. The molecule has 7 heteroatoms. The average Bonchev–Trinajstić information content (AvgIpc) is 2.55. The minimum absolute atomic E-state index is 0.444. The maximum atomic E-state index is 6.85. The van der Waals surface area contributed by atoms with Gasteiger partial charge in [-0.2, -0.15) is 0 Å². The maximum Gasteiger partial charge on any atom is 0.193 e. The molecule has 1 aromatic carbocycles. The highest BCUT2D eigenvalue weighted by Gasteiger charge is 2.69.